The van der Waals surface area contributed by atoms with Crippen LogP contribution in [0.5, 0.6) is 0 Å². The van der Waals surface area contributed by atoms with Gasteiger partial charge in [-0.25, -0.2) is 15.0 Å². The first-order valence-corrected chi connectivity index (χ1v) is 8.90. The van der Waals surface area contributed by atoms with Crippen LogP contribution in [0, 0.1) is 5.92 Å². The lowest BCUT2D eigenvalue weighted by Gasteiger charge is -2.16. The molecule has 27 heavy (non-hydrogen) atoms. The molecule has 0 heterocycles. The summed E-state index contributed by atoms with van der Waals surface area (Å²) < 4.78 is 13.3. The van der Waals surface area contributed by atoms with E-state index in [9.17, 15) is 9.18 Å². The number of hydrazine groups is 1. The van der Waals surface area contributed by atoms with Crippen molar-refractivity contribution in [2.75, 3.05) is 10.3 Å². The largest absolute Gasteiger partial charge is 0.401 e. The Balaban J connectivity index is 2.69. The number of nitrogens with two attached hydrogens (primary N) is 2. The summed E-state index contributed by atoms with van der Waals surface area (Å²) in [6.45, 7) is 7.30. The molecule has 0 spiro atoms. The van der Waals surface area contributed by atoms with Gasteiger partial charge in [-0.1, -0.05) is 19.9 Å². The number of rotatable bonds is 8. The van der Waals surface area contributed by atoms with Crippen molar-refractivity contribution in [2.24, 2.45) is 17.5 Å². The van der Waals surface area contributed by atoms with E-state index in [1.165, 1.54) is 18.0 Å². The van der Waals surface area contributed by atoms with Crippen molar-refractivity contribution in [2.45, 2.75) is 40.5 Å². The molecule has 0 fully saturated rings. The number of carbonyl (C=O) groups is 1. The number of nitrogens with one attached hydrogen (secondary N) is 2. The fourth-order valence-corrected chi connectivity index (χ4v) is 2.18. The normalized spacial score (nSPS) is 12.9. The molecule has 1 rings (SSSR count). The summed E-state index contributed by atoms with van der Waals surface area (Å²) in [6.07, 6.45) is 6.59. The van der Waals surface area contributed by atoms with Crippen LogP contribution in [0.1, 0.15) is 40.5 Å². The van der Waals surface area contributed by atoms with E-state index in [-0.39, 0.29) is 5.70 Å². The molecule has 148 valence electrons. The number of anilines is 2. The second-order valence-corrected chi connectivity index (χ2v) is 6.62. The van der Waals surface area contributed by atoms with Gasteiger partial charge >= 0.3 is 6.03 Å². The molecule has 6 nitrogen and oxygen atoms in total. The summed E-state index contributed by atoms with van der Waals surface area (Å²) in [4.78, 5) is 12.0. The van der Waals surface area contributed by atoms with E-state index < -0.39 is 11.9 Å². The SMILES string of the molecule is C/C=C\C(NC(=O)Nc1ccc(N(N)/C=C(\N)CCC(C)C)cc1)=C(/C)F. The van der Waals surface area contributed by atoms with E-state index >= 15 is 0 Å². The van der Waals surface area contributed by atoms with Crippen LogP contribution in [0.15, 0.2) is 59.8 Å². The maximum absolute atomic E-state index is 13.3. The van der Waals surface area contributed by atoms with Crippen LogP contribution in [0.2, 0.25) is 0 Å². The van der Waals surface area contributed by atoms with Gasteiger partial charge in [0, 0.05) is 17.6 Å². The highest BCUT2D eigenvalue weighted by Gasteiger charge is 2.07. The maximum atomic E-state index is 13.3. The molecule has 0 radical (unpaired) electrons. The van der Waals surface area contributed by atoms with Crippen LogP contribution >= 0.6 is 0 Å². The Morgan fingerprint density at radius 2 is 1.93 bits per heavy atom. The van der Waals surface area contributed by atoms with Gasteiger partial charge in [0.1, 0.15) is 5.83 Å². The van der Waals surface area contributed by atoms with Gasteiger partial charge in [-0.15, -0.1) is 0 Å². The van der Waals surface area contributed by atoms with Crippen LogP contribution in [-0.2, 0) is 0 Å². The topological polar surface area (TPSA) is 96.4 Å². The molecule has 0 aliphatic heterocycles. The van der Waals surface area contributed by atoms with E-state index in [2.05, 4.69) is 24.5 Å². The molecule has 0 bridgehead atoms. The minimum absolute atomic E-state index is 0.113. The third kappa shape index (κ3) is 8.42. The lowest BCUT2D eigenvalue weighted by molar-refractivity contribution is 0.254. The molecule has 6 N–H and O–H groups in total. The number of hydrogen-bond donors (Lipinski definition) is 4. The first-order valence-electron chi connectivity index (χ1n) is 8.90. The summed E-state index contributed by atoms with van der Waals surface area (Å²) in [5, 5.41) is 6.54. The van der Waals surface area contributed by atoms with Crippen LogP contribution in [0.4, 0.5) is 20.6 Å². The Kier molecular flexibility index (Phi) is 9.08. The average Bonchev–Trinajstić information content (AvgIpc) is 2.60. The number of nitrogens with zero attached hydrogens (tertiary/aromatic N) is 1. The minimum Gasteiger partial charge on any atom is -0.401 e. The highest BCUT2D eigenvalue weighted by atomic mass is 19.1. The van der Waals surface area contributed by atoms with Gasteiger partial charge in [0.2, 0.25) is 0 Å². The number of urea groups is 1. The van der Waals surface area contributed by atoms with Gasteiger partial charge in [0.05, 0.1) is 11.4 Å². The highest BCUT2D eigenvalue weighted by molar-refractivity contribution is 5.90. The van der Waals surface area contributed by atoms with Gasteiger partial charge in [0.15, 0.2) is 0 Å². The average molecular weight is 375 g/mol. The van der Waals surface area contributed by atoms with Crippen molar-refractivity contribution in [1.29, 1.82) is 0 Å². The number of carbonyl (C=O) groups excluding carboxylic acids is 1. The van der Waals surface area contributed by atoms with Gasteiger partial charge in [-0.3, -0.25) is 5.01 Å². The number of hydrogen-bond acceptors (Lipinski definition) is 4. The Hall–Kier alpha value is -2.80. The van der Waals surface area contributed by atoms with E-state index in [1.807, 2.05) is 0 Å². The molecule has 0 saturated heterocycles. The van der Waals surface area contributed by atoms with Crippen LogP contribution in [-0.4, -0.2) is 6.03 Å². The number of allylic oxidation sites excluding steroid dienone is 4. The van der Waals surface area contributed by atoms with Gasteiger partial charge in [0.25, 0.3) is 0 Å². The number of amides is 2. The Morgan fingerprint density at radius 1 is 1.30 bits per heavy atom. The predicted molar refractivity (Wildman–Crippen MR) is 110 cm³/mol. The lowest BCUT2D eigenvalue weighted by Crippen LogP contribution is -2.28. The van der Waals surface area contributed by atoms with E-state index in [1.54, 1.807) is 43.5 Å². The molecular weight excluding hydrogens is 345 g/mol. The quantitative estimate of drug-likeness (QED) is 0.305. The monoisotopic (exact) mass is 375 g/mol. The van der Waals surface area contributed by atoms with Crippen molar-refractivity contribution in [3.05, 3.63) is 59.8 Å². The Bertz CT molecular complexity index is 704. The molecule has 0 unspecified atom stereocenters. The smallest absolute Gasteiger partial charge is 0.323 e. The molecule has 0 saturated carbocycles. The first-order chi connectivity index (χ1) is 12.7. The van der Waals surface area contributed by atoms with Crippen molar-refractivity contribution >= 4 is 17.4 Å². The van der Waals surface area contributed by atoms with E-state index in [4.69, 9.17) is 11.6 Å². The summed E-state index contributed by atoms with van der Waals surface area (Å²) in [7, 11) is 0. The molecule has 0 aliphatic rings. The summed E-state index contributed by atoms with van der Waals surface area (Å²) in [5.41, 5.74) is 8.08. The molecule has 1 aromatic rings. The zero-order valence-electron chi connectivity index (χ0n) is 16.4. The molecule has 0 atom stereocenters. The van der Waals surface area contributed by atoms with Gasteiger partial charge < -0.3 is 16.4 Å². The fraction of sp³-hybridized carbons (Fsp3) is 0.350. The molecule has 0 aromatic heterocycles. The van der Waals surface area contributed by atoms with Crippen LogP contribution in [0.3, 0.4) is 0 Å². The molecule has 1 aromatic carbocycles. The van der Waals surface area contributed by atoms with Crippen LogP contribution < -0.4 is 27.2 Å². The standard InChI is InChI=1S/C20H30FN5O/c1-5-6-19(15(4)21)25-20(27)24-17-9-11-18(12-10-17)26(23)13-16(22)8-7-14(2)3/h5-6,9-14H,7-8,22-23H2,1-4H3,(H2,24,25,27)/b6-5-,16-13-,19-15-. The molecular formula is C20H30FN5O. The number of benzene rings is 1. The summed E-state index contributed by atoms with van der Waals surface area (Å²) >= 11 is 0. The van der Waals surface area contributed by atoms with Gasteiger partial charge in [-0.2, -0.15) is 0 Å². The van der Waals surface area contributed by atoms with Crippen molar-refractivity contribution in [3.63, 3.8) is 0 Å². The summed E-state index contributed by atoms with van der Waals surface area (Å²) in [5.74, 6) is 6.11. The molecule has 7 heteroatoms. The number of halogens is 1. The third-order valence-electron chi connectivity index (χ3n) is 3.69. The Labute approximate surface area is 160 Å². The van der Waals surface area contributed by atoms with Crippen LogP contribution in [0.25, 0.3) is 0 Å². The second kappa shape index (κ2) is 11.0. The van der Waals surface area contributed by atoms with E-state index in [0.717, 1.165) is 18.5 Å². The molecule has 2 amide bonds. The maximum Gasteiger partial charge on any atom is 0.323 e. The zero-order chi connectivity index (χ0) is 20.4. The third-order valence-corrected chi connectivity index (χ3v) is 3.69. The summed E-state index contributed by atoms with van der Waals surface area (Å²) in [6, 6.07) is 6.38. The van der Waals surface area contributed by atoms with Crippen molar-refractivity contribution in [1.82, 2.24) is 5.32 Å². The fourth-order valence-electron chi connectivity index (χ4n) is 2.18. The predicted octanol–water partition coefficient (Wildman–Crippen LogP) is 4.50. The van der Waals surface area contributed by atoms with Crippen molar-refractivity contribution in [3.8, 4) is 0 Å². The Morgan fingerprint density at radius 3 is 2.44 bits per heavy atom. The van der Waals surface area contributed by atoms with E-state index in [0.29, 0.717) is 17.3 Å². The first kappa shape index (κ1) is 22.2. The highest BCUT2D eigenvalue weighted by Crippen LogP contribution is 2.17. The van der Waals surface area contributed by atoms with Crippen molar-refractivity contribution < 1.29 is 9.18 Å². The molecule has 0 aliphatic carbocycles. The lowest BCUT2D eigenvalue weighted by atomic mass is 10.1. The second-order valence-electron chi connectivity index (χ2n) is 6.62. The van der Waals surface area contributed by atoms with Gasteiger partial charge in [-0.05, 0) is 62.9 Å². The zero-order valence-corrected chi connectivity index (χ0v) is 16.4. The minimum atomic E-state index is -0.532.